The summed E-state index contributed by atoms with van der Waals surface area (Å²) in [6.07, 6.45) is 6.07. The zero-order valence-electron chi connectivity index (χ0n) is 14.0. The van der Waals surface area contributed by atoms with Crippen molar-refractivity contribution in [3.8, 4) is 0 Å². The van der Waals surface area contributed by atoms with Crippen LogP contribution in [0.4, 0.5) is 0 Å². The van der Waals surface area contributed by atoms with E-state index in [-0.39, 0.29) is 0 Å². The van der Waals surface area contributed by atoms with Gasteiger partial charge in [0, 0.05) is 5.41 Å². The standard InChI is InChI=1S/C20H21NO4/c22-17-14-3-1-2-4-15(14)18(23)21(17)16(19(24)25)20-8-11-5-12(9-20)7-13(6-11)10-20/h1-4,11-13,16H,5-10H2,(H,24,25)/t11?,12?,13?,16-,20?/m0/s1. The van der Waals surface area contributed by atoms with E-state index in [0.717, 1.165) is 24.2 Å². The number of carbonyl (C=O) groups excluding carboxylic acids is 2. The molecule has 130 valence electrons. The van der Waals surface area contributed by atoms with Crippen molar-refractivity contribution in [2.45, 2.75) is 44.6 Å². The van der Waals surface area contributed by atoms with Crippen LogP contribution in [0.25, 0.3) is 0 Å². The van der Waals surface area contributed by atoms with Gasteiger partial charge in [-0.15, -0.1) is 0 Å². The van der Waals surface area contributed by atoms with Gasteiger partial charge in [-0.05, 0) is 68.4 Å². The van der Waals surface area contributed by atoms with Crippen molar-refractivity contribution in [1.29, 1.82) is 0 Å². The van der Waals surface area contributed by atoms with Gasteiger partial charge in [0.05, 0.1) is 11.1 Å². The SMILES string of the molecule is O=C(O)[C@H](N1C(=O)c2ccccc2C1=O)C12CC3CC(CC(C3)C1)C2. The lowest BCUT2D eigenvalue weighted by molar-refractivity contribution is -0.156. The summed E-state index contributed by atoms with van der Waals surface area (Å²) < 4.78 is 0. The predicted molar refractivity (Wildman–Crippen MR) is 89.0 cm³/mol. The second-order valence-electron chi connectivity index (χ2n) is 8.55. The first-order valence-corrected chi connectivity index (χ1v) is 9.18. The molecule has 5 heteroatoms. The lowest BCUT2D eigenvalue weighted by Gasteiger charge is -2.59. The van der Waals surface area contributed by atoms with Gasteiger partial charge in [-0.2, -0.15) is 0 Å². The predicted octanol–water partition coefficient (Wildman–Crippen LogP) is 2.95. The van der Waals surface area contributed by atoms with E-state index in [1.54, 1.807) is 24.3 Å². The number of carboxylic acid groups (broad SMARTS) is 1. The van der Waals surface area contributed by atoms with Gasteiger partial charge in [-0.1, -0.05) is 12.1 Å². The van der Waals surface area contributed by atoms with Crippen molar-refractivity contribution < 1.29 is 19.5 Å². The molecule has 4 saturated carbocycles. The number of hydrogen-bond donors (Lipinski definition) is 1. The highest BCUT2D eigenvalue weighted by Crippen LogP contribution is 2.62. The summed E-state index contributed by atoms with van der Waals surface area (Å²) in [5, 5.41) is 10.1. The molecule has 25 heavy (non-hydrogen) atoms. The van der Waals surface area contributed by atoms with E-state index in [0.29, 0.717) is 28.9 Å². The van der Waals surface area contributed by atoms with Crippen LogP contribution >= 0.6 is 0 Å². The fraction of sp³-hybridized carbons (Fsp3) is 0.550. The molecule has 0 aromatic heterocycles. The maximum atomic E-state index is 12.9. The van der Waals surface area contributed by atoms with Gasteiger partial charge < -0.3 is 5.11 Å². The molecule has 4 fully saturated rings. The van der Waals surface area contributed by atoms with Crippen LogP contribution in [0.2, 0.25) is 0 Å². The first-order chi connectivity index (χ1) is 12.0. The van der Waals surface area contributed by atoms with Crippen molar-refractivity contribution >= 4 is 17.8 Å². The zero-order valence-corrected chi connectivity index (χ0v) is 14.0. The highest BCUT2D eigenvalue weighted by atomic mass is 16.4. The third-order valence-corrected chi connectivity index (χ3v) is 6.98. The molecule has 0 saturated heterocycles. The summed E-state index contributed by atoms with van der Waals surface area (Å²) in [6.45, 7) is 0. The number of carbonyl (C=O) groups is 3. The summed E-state index contributed by atoms with van der Waals surface area (Å²) in [4.78, 5) is 39.1. The quantitative estimate of drug-likeness (QED) is 0.859. The highest BCUT2D eigenvalue weighted by molar-refractivity contribution is 6.22. The van der Waals surface area contributed by atoms with Crippen molar-refractivity contribution in [2.75, 3.05) is 0 Å². The van der Waals surface area contributed by atoms with Crippen LogP contribution in [0.3, 0.4) is 0 Å². The van der Waals surface area contributed by atoms with E-state index in [1.807, 2.05) is 0 Å². The maximum Gasteiger partial charge on any atom is 0.327 e. The number of hydrogen-bond acceptors (Lipinski definition) is 3. The average Bonchev–Trinajstić information content (AvgIpc) is 2.79. The smallest absolute Gasteiger partial charge is 0.327 e. The monoisotopic (exact) mass is 339 g/mol. The van der Waals surface area contributed by atoms with Crippen LogP contribution in [-0.4, -0.2) is 33.8 Å². The van der Waals surface area contributed by atoms with Gasteiger partial charge in [-0.3, -0.25) is 14.5 Å². The Morgan fingerprint density at radius 3 is 1.80 bits per heavy atom. The molecule has 4 bridgehead atoms. The molecule has 2 amide bonds. The molecule has 5 nitrogen and oxygen atoms in total. The number of carboxylic acids is 1. The van der Waals surface area contributed by atoms with E-state index in [2.05, 4.69) is 0 Å². The molecule has 5 aliphatic rings. The Morgan fingerprint density at radius 1 is 0.960 bits per heavy atom. The van der Waals surface area contributed by atoms with E-state index >= 15 is 0 Å². The minimum Gasteiger partial charge on any atom is -0.480 e. The van der Waals surface area contributed by atoms with Crippen LogP contribution in [0.15, 0.2) is 24.3 Å². The van der Waals surface area contributed by atoms with Gasteiger partial charge in [0.2, 0.25) is 0 Å². The number of imide groups is 1. The van der Waals surface area contributed by atoms with E-state index < -0.39 is 29.2 Å². The molecule has 1 aliphatic heterocycles. The first-order valence-electron chi connectivity index (χ1n) is 9.18. The Balaban J connectivity index is 1.58. The summed E-state index contributed by atoms with van der Waals surface area (Å²) in [6, 6.07) is 5.64. The summed E-state index contributed by atoms with van der Waals surface area (Å²) in [5.74, 6) is -0.237. The van der Waals surface area contributed by atoms with Crippen LogP contribution < -0.4 is 0 Å². The third-order valence-electron chi connectivity index (χ3n) is 6.98. The van der Waals surface area contributed by atoms with Crippen molar-refractivity contribution in [1.82, 2.24) is 4.90 Å². The maximum absolute atomic E-state index is 12.9. The highest BCUT2D eigenvalue weighted by Gasteiger charge is 2.60. The fourth-order valence-corrected chi connectivity index (χ4v) is 6.60. The van der Waals surface area contributed by atoms with Crippen molar-refractivity contribution in [2.24, 2.45) is 23.2 Å². The first kappa shape index (κ1) is 15.1. The number of nitrogens with zero attached hydrogens (tertiary/aromatic N) is 1. The molecule has 0 spiro atoms. The number of aliphatic carboxylic acids is 1. The molecule has 1 N–H and O–H groups in total. The van der Waals surface area contributed by atoms with Crippen LogP contribution in [-0.2, 0) is 4.79 Å². The number of benzene rings is 1. The Morgan fingerprint density at radius 2 is 1.40 bits per heavy atom. The minimum atomic E-state index is -1.03. The molecular weight excluding hydrogens is 318 g/mol. The lowest BCUT2D eigenvalue weighted by Crippen LogP contribution is -2.61. The third kappa shape index (κ3) is 1.98. The van der Waals surface area contributed by atoms with E-state index in [1.165, 1.54) is 19.3 Å². The molecule has 1 atom stereocenters. The van der Waals surface area contributed by atoms with Gasteiger partial charge >= 0.3 is 5.97 Å². The number of rotatable bonds is 3. The second kappa shape index (κ2) is 4.93. The molecular formula is C20H21NO4. The lowest BCUT2D eigenvalue weighted by atomic mass is 9.47. The number of amides is 2. The molecule has 0 radical (unpaired) electrons. The molecule has 1 aromatic rings. The van der Waals surface area contributed by atoms with Crippen molar-refractivity contribution in [3.05, 3.63) is 35.4 Å². The molecule has 1 aromatic carbocycles. The minimum absolute atomic E-state index is 0.337. The van der Waals surface area contributed by atoms with Crippen LogP contribution in [0.1, 0.15) is 59.2 Å². The molecule has 1 heterocycles. The number of fused-ring (bicyclic) bond motifs is 1. The molecule has 0 unspecified atom stereocenters. The van der Waals surface area contributed by atoms with Gasteiger partial charge in [-0.25, -0.2) is 4.79 Å². The summed E-state index contributed by atoms with van der Waals surface area (Å²) in [5.41, 5.74) is 0.237. The summed E-state index contributed by atoms with van der Waals surface area (Å²) >= 11 is 0. The van der Waals surface area contributed by atoms with Crippen LogP contribution in [0, 0.1) is 23.2 Å². The van der Waals surface area contributed by atoms with Crippen molar-refractivity contribution in [3.63, 3.8) is 0 Å². The Bertz CT molecular complexity index is 728. The van der Waals surface area contributed by atoms with E-state index in [4.69, 9.17) is 0 Å². The fourth-order valence-electron chi connectivity index (χ4n) is 6.60. The van der Waals surface area contributed by atoms with E-state index in [9.17, 15) is 19.5 Å². The largest absolute Gasteiger partial charge is 0.480 e. The normalized spacial score (nSPS) is 36.6. The summed E-state index contributed by atoms with van der Waals surface area (Å²) in [7, 11) is 0. The Kier molecular flexibility index (Phi) is 2.98. The molecule has 4 aliphatic carbocycles. The van der Waals surface area contributed by atoms with Gasteiger partial charge in [0.1, 0.15) is 6.04 Å². The van der Waals surface area contributed by atoms with Crippen LogP contribution in [0.5, 0.6) is 0 Å². The van der Waals surface area contributed by atoms with Gasteiger partial charge in [0.15, 0.2) is 0 Å². The Hall–Kier alpha value is -2.17. The topological polar surface area (TPSA) is 74.7 Å². The average molecular weight is 339 g/mol. The second-order valence-corrected chi connectivity index (χ2v) is 8.55. The zero-order chi connectivity index (χ0) is 17.3. The van der Waals surface area contributed by atoms with Gasteiger partial charge in [0.25, 0.3) is 11.8 Å². The molecule has 6 rings (SSSR count). The Labute approximate surface area is 146 Å².